The highest BCUT2D eigenvalue weighted by Crippen LogP contribution is 2.12. The molecule has 13 heavy (non-hydrogen) atoms. The van der Waals surface area contributed by atoms with Gasteiger partial charge in [-0.25, -0.2) is 0 Å². The van der Waals surface area contributed by atoms with Gasteiger partial charge >= 0.3 is 0 Å². The van der Waals surface area contributed by atoms with Crippen molar-refractivity contribution in [1.82, 2.24) is 25.4 Å². The van der Waals surface area contributed by atoms with E-state index in [1.807, 2.05) is 13.8 Å². The highest BCUT2D eigenvalue weighted by Gasteiger charge is 2.09. The highest BCUT2D eigenvalue weighted by atomic mass is 16.5. The Labute approximate surface area is 74.5 Å². The van der Waals surface area contributed by atoms with Crippen LogP contribution in [0.25, 0.3) is 0 Å². The minimum atomic E-state index is 0.557. The van der Waals surface area contributed by atoms with Crippen LogP contribution in [0.2, 0.25) is 0 Å². The standard InChI is InChI=1S/C7H9N5O/c1-5-7(6(2)13-10-5)3-12-9-4-8-11-12/h4H,3H2,1-2H3. The first-order valence-corrected chi connectivity index (χ1v) is 3.90. The summed E-state index contributed by atoms with van der Waals surface area (Å²) in [5.41, 5.74) is 1.88. The lowest BCUT2D eigenvalue weighted by atomic mass is 10.2. The molecule has 6 heteroatoms. The smallest absolute Gasteiger partial charge is 0.162 e. The van der Waals surface area contributed by atoms with Crippen LogP contribution in [0.3, 0.4) is 0 Å². The molecule has 68 valence electrons. The second kappa shape index (κ2) is 2.96. The number of aryl methyl sites for hydroxylation is 2. The van der Waals surface area contributed by atoms with E-state index in [4.69, 9.17) is 4.52 Å². The van der Waals surface area contributed by atoms with Crippen molar-refractivity contribution >= 4 is 0 Å². The van der Waals surface area contributed by atoms with Crippen molar-refractivity contribution in [2.75, 3.05) is 0 Å². The van der Waals surface area contributed by atoms with Crippen LogP contribution in [0.15, 0.2) is 10.9 Å². The number of hydrogen-bond acceptors (Lipinski definition) is 5. The van der Waals surface area contributed by atoms with E-state index in [0.29, 0.717) is 6.54 Å². The van der Waals surface area contributed by atoms with E-state index in [0.717, 1.165) is 17.0 Å². The lowest BCUT2D eigenvalue weighted by Crippen LogP contribution is -2.05. The molecular weight excluding hydrogens is 170 g/mol. The fourth-order valence-corrected chi connectivity index (χ4v) is 1.13. The van der Waals surface area contributed by atoms with Crippen molar-refractivity contribution in [1.29, 1.82) is 0 Å². The molecule has 0 fully saturated rings. The largest absolute Gasteiger partial charge is 0.361 e. The minimum absolute atomic E-state index is 0.557. The normalized spacial score (nSPS) is 10.6. The Bertz CT molecular complexity index is 371. The average molecular weight is 179 g/mol. The van der Waals surface area contributed by atoms with Gasteiger partial charge in [0.15, 0.2) is 6.33 Å². The predicted octanol–water partition coefficient (Wildman–Crippen LogP) is 0.326. The molecule has 0 saturated heterocycles. The van der Waals surface area contributed by atoms with Crippen molar-refractivity contribution in [2.45, 2.75) is 20.4 Å². The third-order valence-corrected chi connectivity index (χ3v) is 1.87. The van der Waals surface area contributed by atoms with Crippen molar-refractivity contribution in [3.63, 3.8) is 0 Å². The molecule has 2 aromatic rings. The molecule has 0 atom stereocenters. The lowest BCUT2D eigenvalue weighted by molar-refractivity contribution is 0.391. The Hall–Kier alpha value is -1.72. The van der Waals surface area contributed by atoms with Crippen molar-refractivity contribution in [2.24, 2.45) is 0 Å². The summed E-state index contributed by atoms with van der Waals surface area (Å²) in [4.78, 5) is 1.49. The predicted molar refractivity (Wildman–Crippen MR) is 42.9 cm³/mol. The van der Waals surface area contributed by atoms with Gasteiger partial charge in [-0.1, -0.05) is 5.16 Å². The first-order valence-electron chi connectivity index (χ1n) is 3.90. The summed E-state index contributed by atoms with van der Waals surface area (Å²) >= 11 is 0. The summed E-state index contributed by atoms with van der Waals surface area (Å²) < 4.78 is 5.00. The van der Waals surface area contributed by atoms with Crippen molar-refractivity contribution in [3.8, 4) is 0 Å². The Morgan fingerprint density at radius 3 is 2.85 bits per heavy atom. The Morgan fingerprint density at radius 1 is 1.46 bits per heavy atom. The van der Waals surface area contributed by atoms with Crippen LogP contribution in [-0.2, 0) is 6.54 Å². The molecule has 0 aliphatic heterocycles. The summed E-state index contributed by atoms with van der Waals surface area (Å²) in [5, 5.41) is 15.1. The monoisotopic (exact) mass is 179 g/mol. The number of hydrogen-bond donors (Lipinski definition) is 0. The Morgan fingerprint density at radius 2 is 2.31 bits per heavy atom. The van der Waals surface area contributed by atoms with E-state index in [-0.39, 0.29) is 0 Å². The molecular formula is C7H9N5O. The van der Waals surface area contributed by atoms with Gasteiger partial charge in [0.05, 0.1) is 12.2 Å². The molecule has 0 saturated carbocycles. The molecule has 0 aliphatic carbocycles. The fourth-order valence-electron chi connectivity index (χ4n) is 1.13. The molecule has 0 unspecified atom stereocenters. The topological polar surface area (TPSA) is 69.6 Å². The van der Waals surface area contributed by atoms with Crippen LogP contribution < -0.4 is 0 Å². The van der Waals surface area contributed by atoms with Crippen LogP contribution in [0.1, 0.15) is 17.0 Å². The number of rotatable bonds is 2. The molecule has 0 amide bonds. The van der Waals surface area contributed by atoms with E-state index >= 15 is 0 Å². The first-order chi connectivity index (χ1) is 6.27. The number of nitrogens with zero attached hydrogens (tertiary/aromatic N) is 5. The zero-order valence-corrected chi connectivity index (χ0v) is 7.43. The Kier molecular flexibility index (Phi) is 1.80. The summed E-state index contributed by atoms with van der Waals surface area (Å²) in [6.07, 6.45) is 1.40. The molecule has 0 bridgehead atoms. The van der Waals surface area contributed by atoms with Crippen LogP contribution >= 0.6 is 0 Å². The van der Waals surface area contributed by atoms with E-state index < -0.39 is 0 Å². The van der Waals surface area contributed by atoms with Gasteiger partial charge in [0.25, 0.3) is 0 Å². The maximum atomic E-state index is 5.00. The van der Waals surface area contributed by atoms with Gasteiger partial charge in [-0.05, 0) is 19.1 Å². The van der Waals surface area contributed by atoms with Gasteiger partial charge in [-0.2, -0.15) is 4.80 Å². The summed E-state index contributed by atoms with van der Waals surface area (Å²) in [7, 11) is 0. The van der Waals surface area contributed by atoms with Crippen LogP contribution in [-0.4, -0.2) is 25.4 Å². The number of aromatic nitrogens is 5. The average Bonchev–Trinajstić information content (AvgIpc) is 2.70. The lowest BCUT2D eigenvalue weighted by Gasteiger charge is -1.96. The van der Waals surface area contributed by atoms with Gasteiger partial charge in [0, 0.05) is 5.56 Å². The SMILES string of the molecule is Cc1noc(C)c1Cn1ncnn1. The van der Waals surface area contributed by atoms with Gasteiger partial charge in [0.2, 0.25) is 0 Å². The van der Waals surface area contributed by atoms with Crippen LogP contribution in [0.5, 0.6) is 0 Å². The molecule has 0 N–H and O–H groups in total. The molecule has 2 heterocycles. The molecule has 2 rings (SSSR count). The van der Waals surface area contributed by atoms with E-state index in [1.165, 1.54) is 11.1 Å². The summed E-state index contributed by atoms with van der Waals surface area (Å²) in [6.45, 7) is 4.32. The molecule has 0 aliphatic rings. The van der Waals surface area contributed by atoms with E-state index in [2.05, 4.69) is 20.6 Å². The fraction of sp³-hybridized carbons (Fsp3) is 0.429. The first kappa shape index (κ1) is 7.90. The van der Waals surface area contributed by atoms with Gasteiger partial charge in [-0.15, -0.1) is 10.2 Å². The molecule has 0 aromatic carbocycles. The molecule has 6 nitrogen and oxygen atoms in total. The maximum Gasteiger partial charge on any atom is 0.162 e. The van der Waals surface area contributed by atoms with Crippen molar-refractivity contribution < 1.29 is 4.52 Å². The second-order valence-corrected chi connectivity index (χ2v) is 2.77. The molecule has 0 spiro atoms. The minimum Gasteiger partial charge on any atom is -0.361 e. The van der Waals surface area contributed by atoms with Crippen LogP contribution in [0, 0.1) is 13.8 Å². The highest BCUT2D eigenvalue weighted by molar-refractivity contribution is 5.20. The zero-order chi connectivity index (χ0) is 9.26. The number of tetrazole rings is 1. The maximum absolute atomic E-state index is 5.00. The zero-order valence-electron chi connectivity index (χ0n) is 7.43. The van der Waals surface area contributed by atoms with Gasteiger partial charge in [-0.3, -0.25) is 0 Å². The third kappa shape index (κ3) is 1.42. The van der Waals surface area contributed by atoms with Gasteiger partial charge in [0.1, 0.15) is 5.76 Å². The van der Waals surface area contributed by atoms with Crippen molar-refractivity contribution in [3.05, 3.63) is 23.3 Å². The second-order valence-electron chi connectivity index (χ2n) is 2.77. The summed E-state index contributed by atoms with van der Waals surface area (Å²) in [5.74, 6) is 0.801. The third-order valence-electron chi connectivity index (χ3n) is 1.87. The quantitative estimate of drug-likeness (QED) is 0.664. The summed E-state index contributed by atoms with van der Waals surface area (Å²) in [6, 6.07) is 0. The van der Waals surface area contributed by atoms with E-state index in [9.17, 15) is 0 Å². The van der Waals surface area contributed by atoms with Gasteiger partial charge < -0.3 is 4.52 Å². The Balaban J connectivity index is 2.27. The molecule has 0 radical (unpaired) electrons. The molecule has 2 aromatic heterocycles. The van der Waals surface area contributed by atoms with Crippen LogP contribution in [0.4, 0.5) is 0 Å². The van der Waals surface area contributed by atoms with E-state index in [1.54, 1.807) is 0 Å².